The number of amides is 1. The number of methoxy groups -OCH3 is 1. The number of H-pyrrole nitrogens is 1. The van der Waals surface area contributed by atoms with Crippen LogP contribution in [0.3, 0.4) is 0 Å². The minimum Gasteiger partial charge on any atom is -0.496 e. The SMILES string of the molecule is COc1ccccc1CCNC(=O)CCc1c(C)nn(-c2nc(C)cc(=O)[nH]2)c1C. The number of rotatable bonds is 8. The number of para-hydroxylation sites is 1. The molecule has 0 fully saturated rings. The van der Waals surface area contributed by atoms with E-state index >= 15 is 0 Å². The van der Waals surface area contributed by atoms with Gasteiger partial charge in [-0.3, -0.25) is 14.6 Å². The van der Waals surface area contributed by atoms with Gasteiger partial charge in [0.25, 0.3) is 5.56 Å². The van der Waals surface area contributed by atoms with Crippen LogP contribution in [-0.4, -0.2) is 39.3 Å². The van der Waals surface area contributed by atoms with Gasteiger partial charge in [-0.05, 0) is 50.8 Å². The van der Waals surface area contributed by atoms with Gasteiger partial charge in [-0.1, -0.05) is 18.2 Å². The second-order valence-corrected chi connectivity index (χ2v) is 7.18. The molecule has 0 bridgehead atoms. The Morgan fingerprint density at radius 2 is 1.97 bits per heavy atom. The summed E-state index contributed by atoms with van der Waals surface area (Å²) in [6, 6.07) is 9.23. The highest BCUT2D eigenvalue weighted by molar-refractivity contribution is 5.76. The Morgan fingerprint density at radius 1 is 1.20 bits per heavy atom. The molecule has 0 spiro atoms. The van der Waals surface area contributed by atoms with E-state index in [1.807, 2.05) is 38.1 Å². The highest BCUT2D eigenvalue weighted by atomic mass is 16.5. The van der Waals surface area contributed by atoms with Crippen LogP contribution in [0.15, 0.2) is 35.1 Å². The number of aromatic nitrogens is 4. The zero-order chi connectivity index (χ0) is 21.7. The minimum atomic E-state index is -0.221. The van der Waals surface area contributed by atoms with E-state index in [4.69, 9.17) is 4.74 Å². The zero-order valence-electron chi connectivity index (χ0n) is 17.8. The van der Waals surface area contributed by atoms with E-state index in [-0.39, 0.29) is 11.5 Å². The molecule has 2 N–H and O–H groups in total. The molecule has 0 aliphatic heterocycles. The topological polar surface area (TPSA) is 102 Å². The van der Waals surface area contributed by atoms with Crippen LogP contribution in [0.1, 0.15) is 34.6 Å². The molecule has 2 heterocycles. The molecule has 1 amide bonds. The van der Waals surface area contributed by atoms with E-state index in [2.05, 4.69) is 20.4 Å². The average molecular weight is 409 g/mol. The van der Waals surface area contributed by atoms with Crippen molar-refractivity contribution in [2.24, 2.45) is 0 Å². The number of nitrogens with zero attached hydrogens (tertiary/aromatic N) is 3. The van der Waals surface area contributed by atoms with Gasteiger partial charge in [-0.2, -0.15) is 5.10 Å². The van der Waals surface area contributed by atoms with Gasteiger partial charge in [-0.15, -0.1) is 0 Å². The second-order valence-electron chi connectivity index (χ2n) is 7.18. The smallest absolute Gasteiger partial charge is 0.252 e. The fourth-order valence-corrected chi connectivity index (χ4v) is 3.48. The molecule has 0 aliphatic carbocycles. The molecule has 0 atom stereocenters. The van der Waals surface area contributed by atoms with Crippen molar-refractivity contribution < 1.29 is 9.53 Å². The Hall–Kier alpha value is -3.42. The van der Waals surface area contributed by atoms with Crippen molar-refractivity contribution in [1.29, 1.82) is 0 Å². The van der Waals surface area contributed by atoms with Gasteiger partial charge >= 0.3 is 0 Å². The van der Waals surface area contributed by atoms with Crippen molar-refractivity contribution in [3.05, 3.63) is 68.9 Å². The van der Waals surface area contributed by atoms with Crippen LogP contribution >= 0.6 is 0 Å². The number of carbonyl (C=O) groups excluding carboxylic acids is 1. The van der Waals surface area contributed by atoms with Crippen molar-refractivity contribution in [1.82, 2.24) is 25.1 Å². The van der Waals surface area contributed by atoms with Crippen molar-refractivity contribution in [3.8, 4) is 11.7 Å². The van der Waals surface area contributed by atoms with Crippen LogP contribution in [0, 0.1) is 20.8 Å². The molecule has 8 nitrogen and oxygen atoms in total. The van der Waals surface area contributed by atoms with E-state index < -0.39 is 0 Å². The van der Waals surface area contributed by atoms with Crippen LogP contribution in [-0.2, 0) is 17.6 Å². The summed E-state index contributed by atoms with van der Waals surface area (Å²) in [5.41, 5.74) is 4.13. The molecule has 0 saturated carbocycles. The number of aryl methyl sites for hydroxylation is 2. The summed E-state index contributed by atoms with van der Waals surface area (Å²) >= 11 is 0. The second kappa shape index (κ2) is 9.39. The van der Waals surface area contributed by atoms with Crippen LogP contribution < -0.4 is 15.6 Å². The molecule has 3 aromatic rings. The van der Waals surface area contributed by atoms with Gasteiger partial charge in [0.15, 0.2) is 0 Å². The molecule has 158 valence electrons. The lowest BCUT2D eigenvalue weighted by Gasteiger charge is -2.09. The summed E-state index contributed by atoms with van der Waals surface area (Å²) in [6.07, 6.45) is 1.63. The molecule has 30 heavy (non-hydrogen) atoms. The number of benzene rings is 1. The third-order valence-corrected chi connectivity index (χ3v) is 5.01. The van der Waals surface area contributed by atoms with Gasteiger partial charge in [0.05, 0.1) is 12.8 Å². The van der Waals surface area contributed by atoms with Gasteiger partial charge in [0, 0.05) is 30.4 Å². The van der Waals surface area contributed by atoms with Crippen molar-refractivity contribution in [2.75, 3.05) is 13.7 Å². The molecular formula is C22H27N5O3. The fraction of sp³-hybridized carbons (Fsp3) is 0.364. The monoisotopic (exact) mass is 409 g/mol. The Kier molecular flexibility index (Phi) is 6.66. The first kappa shape index (κ1) is 21.3. The average Bonchev–Trinajstić information content (AvgIpc) is 2.99. The molecule has 2 aromatic heterocycles. The Bertz CT molecular complexity index is 1100. The van der Waals surface area contributed by atoms with Gasteiger partial charge in [0.2, 0.25) is 11.9 Å². The molecule has 0 saturated heterocycles. The molecule has 0 unspecified atom stereocenters. The van der Waals surface area contributed by atoms with E-state index in [9.17, 15) is 9.59 Å². The summed E-state index contributed by atoms with van der Waals surface area (Å²) in [6.45, 7) is 6.12. The largest absolute Gasteiger partial charge is 0.496 e. The zero-order valence-corrected chi connectivity index (χ0v) is 17.8. The first-order valence-corrected chi connectivity index (χ1v) is 9.91. The summed E-state index contributed by atoms with van der Waals surface area (Å²) < 4.78 is 6.96. The molecule has 3 rings (SSSR count). The first-order valence-electron chi connectivity index (χ1n) is 9.91. The van der Waals surface area contributed by atoms with Gasteiger partial charge < -0.3 is 10.1 Å². The fourth-order valence-electron chi connectivity index (χ4n) is 3.48. The normalized spacial score (nSPS) is 10.8. The lowest BCUT2D eigenvalue weighted by Crippen LogP contribution is -2.26. The summed E-state index contributed by atoms with van der Waals surface area (Å²) in [5.74, 6) is 1.19. The van der Waals surface area contributed by atoms with E-state index in [0.717, 1.165) is 28.3 Å². The summed E-state index contributed by atoms with van der Waals surface area (Å²) in [4.78, 5) is 31.1. The lowest BCUT2D eigenvalue weighted by molar-refractivity contribution is -0.121. The van der Waals surface area contributed by atoms with E-state index in [0.29, 0.717) is 37.4 Å². The maximum absolute atomic E-state index is 12.3. The van der Waals surface area contributed by atoms with Crippen LogP contribution in [0.2, 0.25) is 0 Å². The standard InChI is InChI=1S/C22H27N5O3/c1-14-13-21(29)25-22(24-14)27-16(3)18(15(2)26-27)9-10-20(28)23-12-11-17-7-5-6-8-19(17)30-4/h5-8,13H,9-12H2,1-4H3,(H,23,28)(H,24,25,29). The summed E-state index contributed by atoms with van der Waals surface area (Å²) in [5, 5.41) is 7.46. The molecule has 0 aliphatic rings. The predicted octanol–water partition coefficient (Wildman–Crippen LogP) is 2.18. The van der Waals surface area contributed by atoms with Gasteiger partial charge in [-0.25, -0.2) is 9.67 Å². The van der Waals surface area contributed by atoms with Crippen molar-refractivity contribution in [3.63, 3.8) is 0 Å². The lowest BCUT2D eigenvalue weighted by atomic mass is 10.1. The van der Waals surface area contributed by atoms with Crippen LogP contribution in [0.25, 0.3) is 5.95 Å². The van der Waals surface area contributed by atoms with Crippen molar-refractivity contribution >= 4 is 5.91 Å². The van der Waals surface area contributed by atoms with E-state index in [1.165, 1.54) is 6.07 Å². The maximum atomic E-state index is 12.3. The Labute approximate surface area is 175 Å². The molecular weight excluding hydrogens is 382 g/mol. The summed E-state index contributed by atoms with van der Waals surface area (Å²) in [7, 11) is 1.64. The van der Waals surface area contributed by atoms with Gasteiger partial charge in [0.1, 0.15) is 5.75 Å². The quantitative estimate of drug-likeness (QED) is 0.594. The molecule has 8 heteroatoms. The number of aromatic amines is 1. The predicted molar refractivity (Wildman–Crippen MR) is 114 cm³/mol. The Morgan fingerprint density at radius 3 is 2.70 bits per heavy atom. The first-order chi connectivity index (χ1) is 14.4. The van der Waals surface area contributed by atoms with Crippen LogP contribution in [0.5, 0.6) is 5.75 Å². The number of hydrogen-bond donors (Lipinski definition) is 2. The number of carbonyl (C=O) groups is 1. The van der Waals surface area contributed by atoms with Crippen molar-refractivity contribution in [2.45, 2.75) is 40.0 Å². The number of hydrogen-bond acceptors (Lipinski definition) is 5. The van der Waals surface area contributed by atoms with Crippen LogP contribution in [0.4, 0.5) is 0 Å². The third kappa shape index (κ3) is 4.94. The molecule has 1 aromatic carbocycles. The maximum Gasteiger partial charge on any atom is 0.252 e. The Balaban J connectivity index is 1.60. The number of ether oxygens (including phenoxy) is 1. The minimum absolute atomic E-state index is 0.0152. The highest BCUT2D eigenvalue weighted by Crippen LogP contribution is 2.18. The van der Waals surface area contributed by atoms with E-state index in [1.54, 1.807) is 18.7 Å². The number of nitrogens with one attached hydrogen (secondary N) is 2. The highest BCUT2D eigenvalue weighted by Gasteiger charge is 2.15. The third-order valence-electron chi connectivity index (χ3n) is 5.01. The molecule has 0 radical (unpaired) electrons.